The van der Waals surface area contributed by atoms with Gasteiger partial charge in [0.15, 0.2) is 0 Å². The number of nitrogens with two attached hydrogens (primary N) is 1. The number of rotatable bonds is 2. The summed E-state index contributed by atoms with van der Waals surface area (Å²) in [6, 6.07) is 3.99. The molecular weight excluding hydrogens is 136 g/mol. The second-order valence-corrected chi connectivity index (χ2v) is 2.40. The van der Waals surface area contributed by atoms with Gasteiger partial charge in [-0.2, -0.15) is 0 Å². The van der Waals surface area contributed by atoms with E-state index in [0.717, 1.165) is 5.69 Å². The van der Waals surface area contributed by atoms with Gasteiger partial charge in [0.1, 0.15) is 0 Å². The Balaban J connectivity index is 2.79. The van der Waals surface area contributed by atoms with Crippen molar-refractivity contribution in [1.82, 2.24) is 4.98 Å². The lowest BCUT2D eigenvalue weighted by atomic mass is 10.2. The van der Waals surface area contributed by atoms with Crippen molar-refractivity contribution in [2.75, 3.05) is 6.54 Å². The van der Waals surface area contributed by atoms with Gasteiger partial charge in [-0.1, -0.05) is 6.08 Å². The maximum absolute atomic E-state index is 5.30. The molecular formula is C9H12N2. The van der Waals surface area contributed by atoms with Crippen molar-refractivity contribution in [3.05, 3.63) is 35.7 Å². The van der Waals surface area contributed by atoms with Crippen LogP contribution in [0.25, 0.3) is 6.08 Å². The standard InChI is InChI=1S/C9H12N2/c1-8-4-6-11-9(7-8)3-2-5-10/h2-4,6-7H,5,10H2,1H3/b3-2+. The van der Waals surface area contributed by atoms with Crippen molar-refractivity contribution in [2.24, 2.45) is 5.73 Å². The highest BCUT2D eigenvalue weighted by atomic mass is 14.7. The third-order valence-corrected chi connectivity index (χ3v) is 1.36. The highest BCUT2D eigenvalue weighted by Gasteiger charge is 1.86. The summed E-state index contributed by atoms with van der Waals surface area (Å²) in [7, 11) is 0. The Kier molecular flexibility index (Phi) is 2.81. The number of aromatic nitrogens is 1. The van der Waals surface area contributed by atoms with E-state index in [2.05, 4.69) is 4.98 Å². The van der Waals surface area contributed by atoms with Gasteiger partial charge in [-0.3, -0.25) is 4.98 Å². The highest BCUT2D eigenvalue weighted by molar-refractivity contribution is 5.45. The zero-order chi connectivity index (χ0) is 8.10. The molecule has 1 heterocycles. The van der Waals surface area contributed by atoms with Crippen molar-refractivity contribution in [3.8, 4) is 0 Å². The minimum atomic E-state index is 0.565. The van der Waals surface area contributed by atoms with Crippen LogP contribution < -0.4 is 5.73 Å². The van der Waals surface area contributed by atoms with Gasteiger partial charge in [-0.05, 0) is 30.7 Å². The lowest BCUT2D eigenvalue weighted by molar-refractivity contribution is 1.23. The lowest BCUT2D eigenvalue weighted by Gasteiger charge is -1.93. The van der Waals surface area contributed by atoms with Crippen LogP contribution in [0.1, 0.15) is 11.3 Å². The van der Waals surface area contributed by atoms with E-state index in [4.69, 9.17) is 5.73 Å². The van der Waals surface area contributed by atoms with Crippen molar-refractivity contribution in [2.45, 2.75) is 6.92 Å². The monoisotopic (exact) mass is 148 g/mol. The highest BCUT2D eigenvalue weighted by Crippen LogP contribution is 2.00. The molecule has 0 aliphatic rings. The predicted octanol–water partition coefficient (Wildman–Crippen LogP) is 1.36. The Morgan fingerprint density at radius 2 is 2.45 bits per heavy atom. The molecule has 2 nitrogen and oxygen atoms in total. The zero-order valence-electron chi connectivity index (χ0n) is 6.62. The lowest BCUT2D eigenvalue weighted by Crippen LogP contribution is -1.92. The molecule has 0 saturated heterocycles. The van der Waals surface area contributed by atoms with Gasteiger partial charge in [0.05, 0.1) is 5.69 Å². The summed E-state index contributed by atoms with van der Waals surface area (Å²) in [4.78, 5) is 4.13. The number of hydrogen-bond donors (Lipinski definition) is 1. The van der Waals surface area contributed by atoms with Crippen LogP contribution in [0.2, 0.25) is 0 Å². The number of aryl methyl sites for hydroxylation is 1. The molecule has 2 N–H and O–H groups in total. The van der Waals surface area contributed by atoms with E-state index in [-0.39, 0.29) is 0 Å². The Morgan fingerprint density at radius 1 is 1.64 bits per heavy atom. The molecule has 58 valence electrons. The zero-order valence-corrected chi connectivity index (χ0v) is 6.62. The third kappa shape index (κ3) is 2.51. The van der Waals surface area contributed by atoms with Gasteiger partial charge in [-0.25, -0.2) is 0 Å². The average Bonchev–Trinajstić information content (AvgIpc) is 2.01. The van der Waals surface area contributed by atoms with Crippen molar-refractivity contribution >= 4 is 6.08 Å². The van der Waals surface area contributed by atoms with Crippen LogP contribution in [0.5, 0.6) is 0 Å². The molecule has 0 aliphatic heterocycles. The summed E-state index contributed by atoms with van der Waals surface area (Å²) in [5.74, 6) is 0. The van der Waals surface area contributed by atoms with Crippen molar-refractivity contribution in [1.29, 1.82) is 0 Å². The second-order valence-electron chi connectivity index (χ2n) is 2.40. The first-order chi connectivity index (χ1) is 5.33. The Bertz CT molecular complexity index is 253. The fraction of sp³-hybridized carbons (Fsp3) is 0.222. The van der Waals surface area contributed by atoms with Gasteiger partial charge in [-0.15, -0.1) is 0 Å². The smallest absolute Gasteiger partial charge is 0.0629 e. The number of nitrogens with zero attached hydrogens (tertiary/aromatic N) is 1. The normalized spacial score (nSPS) is 10.7. The second kappa shape index (κ2) is 3.88. The van der Waals surface area contributed by atoms with Gasteiger partial charge in [0, 0.05) is 12.7 Å². The van der Waals surface area contributed by atoms with Gasteiger partial charge >= 0.3 is 0 Å². The minimum absolute atomic E-state index is 0.565. The molecule has 11 heavy (non-hydrogen) atoms. The maximum atomic E-state index is 5.30. The van der Waals surface area contributed by atoms with E-state index >= 15 is 0 Å². The van der Waals surface area contributed by atoms with E-state index < -0.39 is 0 Å². The van der Waals surface area contributed by atoms with Gasteiger partial charge in [0.25, 0.3) is 0 Å². The van der Waals surface area contributed by atoms with Gasteiger partial charge < -0.3 is 5.73 Å². The fourth-order valence-corrected chi connectivity index (χ4v) is 0.839. The van der Waals surface area contributed by atoms with E-state index in [1.165, 1.54) is 5.56 Å². The molecule has 0 saturated carbocycles. The van der Waals surface area contributed by atoms with Crippen LogP contribution in [-0.4, -0.2) is 11.5 Å². The summed E-state index contributed by atoms with van der Waals surface area (Å²) < 4.78 is 0. The Hall–Kier alpha value is -1.15. The van der Waals surface area contributed by atoms with E-state index in [9.17, 15) is 0 Å². The van der Waals surface area contributed by atoms with Crippen molar-refractivity contribution < 1.29 is 0 Å². The molecule has 0 aliphatic carbocycles. The first-order valence-corrected chi connectivity index (χ1v) is 3.62. The third-order valence-electron chi connectivity index (χ3n) is 1.36. The summed E-state index contributed by atoms with van der Waals surface area (Å²) >= 11 is 0. The molecule has 0 aromatic carbocycles. The van der Waals surface area contributed by atoms with Crippen LogP contribution in [0, 0.1) is 6.92 Å². The first-order valence-electron chi connectivity index (χ1n) is 3.62. The molecule has 1 aromatic heterocycles. The minimum Gasteiger partial charge on any atom is -0.327 e. The van der Waals surface area contributed by atoms with E-state index in [0.29, 0.717) is 6.54 Å². The van der Waals surface area contributed by atoms with Crippen molar-refractivity contribution in [3.63, 3.8) is 0 Å². The number of hydrogen-bond acceptors (Lipinski definition) is 2. The summed E-state index contributed by atoms with van der Waals surface area (Å²) in [6.07, 6.45) is 5.61. The molecule has 0 radical (unpaired) electrons. The molecule has 0 unspecified atom stereocenters. The molecule has 0 bridgehead atoms. The molecule has 0 atom stereocenters. The Labute approximate surface area is 66.8 Å². The quantitative estimate of drug-likeness (QED) is 0.687. The summed E-state index contributed by atoms with van der Waals surface area (Å²) in [6.45, 7) is 2.61. The molecule has 1 rings (SSSR count). The van der Waals surface area contributed by atoms with Crippen LogP contribution in [0.4, 0.5) is 0 Å². The van der Waals surface area contributed by atoms with E-state index in [1.807, 2.05) is 31.2 Å². The van der Waals surface area contributed by atoms with Crippen LogP contribution in [0.3, 0.4) is 0 Å². The average molecular weight is 148 g/mol. The van der Waals surface area contributed by atoms with Crippen LogP contribution in [-0.2, 0) is 0 Å². The molecule has 0 amide bonds. The largest absolute Gasteiger partial charge is 0.327 e. The summed E-state index contributed by atoms with van der Waals surface area (Å²) in [5.41, 5.74) is 7.49. The van der Waals surface area contributed by atoms with Crippen LogP contribution >= 0.6 is 0 Å². The topological polar surface area (TPSA) is 38.9 Å². The molecule has 0 spiro atoms. The molecule has 0 fully saturated rings. The Morgan fingerprint density at radius 3 is 3.09 bits per heavy atom. The first kappa shape index (κ1) is 7.95. The number of pyridine rings is 1. The fourth-order valence-electron chi connectivity index (χ4n) is 0.839. The van der Waals surface area contributed by atoms with Gasteiger partial charge in [0.2, 0.25) is 0 Å². The van der Waals surface area contributed by atoms with Crippen LogP contribution in [0.15, 0.2) is 24.4 Å². The van der Waals surface area contributed by atoms with E-state index in [1.54, 1.807) is 6.20 Å². The molecule has 2 heteroatoms. The SMILES string of the molecule is Cc1ccnc(/C=C/CN)c1. The predicted molar refractivity (Wildman–Crippen MR) is 47.1 cm³/mol. The maximum Gasteiger partial charge on any atom is 0.0629 e. The molecule has 1 aromatic rings. The summed E-state index contributed by atoms with van der Waals surface area (Å²) in [5, 5.41) is 0.